The normalized spacial score (nSPS) is 14.2. The molecule has 20 heavy (non-hydrogen) atoms. The fourth-order valence-corrected chi connectivity index (χ4v) is 2.30. The number of aliphatic hydroxyl groups excluding tert-OH is 1. The number of aryl methyl sites for hydroxylation is 2. The van der Waals surface area contributed by atoms with Crippen LogP contribution in [0, 0.1) is 13.8 Å². The number of carbonyl (C=O) groups excluding carboxylic acids is 1. The van der Waals surface area contributed by atoms with Gasteiger partial charge in [-0.1, -0.05) is 0 Å². The number of nitrogens with zero attached hydrogens (tertiary/aromatic N) is 3. The molecule has 0 saturated carbocycles. The van der Waals surface area contributed by atoms with E-state index in [1.807, 2.05) is 26.8 Å². The van der Waals surface area contributed by atoms with Crippen molar-refractivity contribution in [1.29, 1.82) is 0 Å². The average Bonchev–Trinajstić information content (AvgIpc) is 2.71. The highest BCUT2D eigenvalue weighted by molar-refractivity contribution is 5.99. The van der Waals surface area contributed by atoms with Gasteiger partial charge in [0.1, 0.15) is 5.56 Å². The van der Waals surface area contributed by atoms with Crippen molar-refractivity contribution >= 4 is 11.6 Å². The number of hydrogen-bond acceptors (Lipinski definition) is 4. The maximum absolute atomic E-state index is 12.2. The van der Waals surface area contributed by atoms with Crippen molar-refractivity contribution in [2.24, 2.45) is 0 Å². The van der Waals surface area contributed by atoms with Crippen LogP contribution in [0.2, 0.25) is 0 Å². The second kappa shape index (κ2) is 5.58. The van der Waals surface area contributed by atoms with Gasteiger partial charge in [0.2, 0.25) is 0 Å². The lowest BCUT2D eigenvalue weighted by Crippen LogP contribution is -2.34. The summed E-state index contributed by atoms with van der Waals surface area (Å²) in [4.78, 5) is 16.6. The molecular weight excluding hydrogens is 256 g/mol. The summed E-state index contributed by atoms with van der Waals surface area (Å²) >= 11 is 0. The van der Waals surface area contributed by atoms with Crippen LogP contribution >= 0.6 is 0 Å². The molecule has 0 fully saturated rings. The van der Waals surface area contributed by atoms with Crippen molar-refractivity contribution in [2.75, 3.05) is 0 Å². The summed E-state index contributed by atoms with van der Waals surface area (Å²) < 4.78 is 1.65. The Balaban J connectivity index is 2.27. The molecule has 2 unspecified atom stereocenters. The second-order valence-electron chi connectivity index (χ2n) is 5.29. The molecule has 1 amide bonds. The first-order chi connectivity index (χ1) is 9.38. The Morgan fingerprint density at radius 3 is 2.80 bits per heavy atom. The predicted molar refractivity (Wildman–Crippen MR) is 75.7 cm³/mol. The first kappa shape index (κ1) is 14.5. The fourth-order valence-electron chi connectivity index (χ4n) is 2.30. The third-order valence-corrected chi connectivity index (χ3v) is 3.09. The van der Waals surface area contributed by atoms with Crippen LogP contribution < -0.4 is 5.32 Å². The molecule has 0 aliphatic heterocycles. The zero-order valence-electron chi connectivity index (χ0n) is 12.2. The maximum Gasteiger partial charge on any atom is 0.256 e. The molecule has 0 aromatic carbocycles. The number of rotatable bonds is 4. The van der Waals surface area contributed by atoms with Crippen LogP contribution in [0.4, 0.5) is 0 Å². The number of fused-ring (bicyclic) bond motifs is 1. The van der Waals surface area contributed by atoms with Crippen molar-refractivity contribution in [2.45, 2.75) is 46.3 Å². The average molecular weight is 276 g/mol. The Kier molecular flexibility index (Phi) is 4.04. The minimum absolute atomic E-state index is 0.108. The minimum atomic E-state index is -0.447. The van der Waals surface area contributed by atoms with Gasteiger partial charge in [0.25, 0.3) is 5.91 Å². The van der Waals surface area contributed by atoms with Crippen LogP contribution in [0.15, 0.2) is 12.3 Å². The van der Waals surface area contributed by atoms with E-state index in [1.54, 1.807) is 11.4 Å². The van der Waals surface area contributed by atoms with E-state index < -0.39 is 6.10 Å². The number of aromatic nitrogens is 3. The molecule has 0 spiro atoms. The molecule has 2 aromatic heterocycles. The SMILES string of the molecule is Cc1cc(C)n2ncc(C(=O)NC(C)CC(C)O)c2n1. The van der Waals surface area contributed by atoms with Gasteiger partial charge in [-0.3, -0.25) is 4.79 Å². The second-order valence-corrected chi connectivity index (χ2v) is 5.29. The van der Waals surface area contributed by atoms with Crippen LogP contribution in [-0.2, 0) is 0 Å². The van der Waals surface area contributed by atoms with E-state index in [9.17, 15) is 9.90 Å². The molecule has 0 saturated heterocycles. The van der Waals surface area contributed by atoms with Gasteiger partial charge in [0.05, 0.1) is 12.3 Å². The quantitative estimate of drug-likeness (QED) is 0.880. The van der Waals surface area contributed by atoms with Gasteiger partial charge >= 0.3 is 0 Å². The Morgan fingerprint density at radius 1 is 1.45 bits per heavy atom. The molecule has 6 nitrogen and oxygen atoms in total. The lowest BCUT2D eigenvalue weighted by Gasteiger charge is -2.14. The van der Waals surface area contributed by atoms with Gasteiger partial charge in [-0.25, -0.2) is 9.50 Å². The Hall–Kier alpha value is -1.95. The van der Waals surface area contributed by atoms with Crippen LogP contribution in [0.25, 0.3) is 5.65 Å². The topological polar surface area (TPSA) is 79.5 Å². The van der Waals surface area contributed by atoms with Gasteiger partial charge in [0, 0.05) is 17.4 Å². The highest BCUT2D eigenvalue weighted by Gasteiger charge is 2.17. The molecule has 108 valence electrons. The summed E-state index contributed by atoms with van der Waals surface area (Å²) in [6.45, 7) is 7.37. The molecular formula is C14H20N4O2. The lowest BCUT2D eigenvalue weighted by atomic mass is 10.1. The van der Waals surface area contributed by atoms with Crippen LogP contribution in [0.3, 0.4) is 0 Å². The predicted octanol–water partition coefficient (Wildman–Crippen LogP) is 1.24. The summed E-state index contributed by atoms with van der Waals surface area (Å²) in [5, 5.41) is 16.4. The molecule has 0 aliphatic carbocycles. The smallest absolute Gasteiger partial charge is 0.256 e. The van der Waals surface area contributed by atoms with Crippen LogP contribution in [0.5, 0.6) is 0 Å². The molecule has 0 aliphatic rings. The minimum Gasteiger partial charge on any atom is -0.393 e. The van der Waals surface area contributed by atoms with Crippen molar-refractivity contribution in [3.8, 4) is 0 Å². The van der Waals surface area contributed by atoms with Crippen LogP contribution in [0.1, 0.15) is 42.0 Å². The highest BCUT2D eigenvalue weighted by Crippen LogP contribution is 2.12. The van der Waals surface area contributed by atoms with Crippen molar-refractivity contribution in [3.05, 3.63) is 29.2 Å². The molecule has 2 aromatic rings. The fraction of sp³-hybridized carbons (Fsp3) is 0.500. The number of aliphatic hydroxyl groups is 1. The van der Waals surface area contributed by atoms with Gasteiger partial charge in [-0.05, 0) is 40.2 Å². The Bertz CT molecular complexity index is 633. The molecule has 2 N–H and O–H groups in total. The van der Waals surface area contributed by atoms with E-state index in [2.05, 4.69) is 15.4 Å². The van der Waals surface area contributed by atoms with E-state index in [4.69, 9.17) is 0 Å². The first-order valence-electron chi connectivity index (χ1n) is 6.69. The summed E-state index contributed by atoms with van der Waals surface area (Å²) in [6, 6.07) is 1.81. The van der Waals surface area contributed by atoms with Crippen molar-refractivity contribution < 1.29 is 9.90 Å². The monoisotopic (exact) mass is 276 g/mol. The maximum atomic E-state index is 12.2. The number of amides is 1. The number of hydrogen-bond donors (Lipinski definition) is 2. The van der Waals surface area contributed by atoms with Gasteiger partial charge in [-0.15, -0.1) is 0 Å². The van der Waals surface area contributed by atoms with E-state index in [1.165, 1.54) is 6.20 Å². The number of nitrogens with one attached hydrogen (secondary N) is 1. The van der Waals surface area contributed by atoms with Gasteiger partial charge in [0.15, 0.2) is 5.65 Å². The first-order valence-corrected chi connectivity index (χ1v) is 6.69. The molecule has 2 heterocycles. The number of carbonyl (C=O) groups is 1. The van der Waals surface area contributed by atoms with Gasteiger partial charge < -0.3 is 10.4 Å². The summed E-state index contributed by atoms with van der Waals surface area (Å²) in [5.74, 6) is -0.217. The van der Waals surface area contributed by atoms with E-state index in [0.29, 0.717) is 17.6 Å². The largest absolute Gasteiger partial charge is 0.393 e. The lowest BCUT2D eigenvalue weighted by molar-refractivity contribution is 0.0924. The molecule has 2 atom stereocenters. The Labute approximate surface area is 117 Å². The highest BCUT2D eigenvalue weighted by atomic mass is 16.3. The van der Waals surface area contributed by atoms with E-state index in [-0.39, 0.29) is 11.9 Å². The van der Waals surface area contributed by atoms with Crippen LogP contribution in [-0.4, -0.2) is 37.8 Å². The zero-order chi connectivity index (χ0) is 14.9. The zero-order valence-corrected chi connectivity index (χ0v) is 12.2. The van der Waals surface area contributed by atoms with Crippen molar-refractivity contribution in [1.82, 2.24) is 19.9 Å². The molecule has 6 heteroatoms. The summed E-state index contributed by atoms with van der Waals surface area (Å²) in [5.41, 5.74) is 2.80. The molecule has 0 radical (unpaired) electrons. The Morgan fingerprint density at radius 2 is 2.15 bits per heavy atom. The van der Waals surface area contributed by atoms with Gasteiger partial charge in [-0.2, -0.15) is 5.10 Å². The summed E-state index contributed by atoms with van der Waals surface area (Å²) in [7, 11) is 0. The van der Waals surface area contributed by atoms with Crippen molar-refractivity contribution in [3.63, 3.8) is 0 Å². The third kappa shape index (κ3) is 2.96. The third-order valence-electron chi connectivity index (χ3n) is 3.09. The molecule has 2 rings (SSSR count). The molecule has 0 bridgehead atoms. The standard InChI is InChI=1S/C14H20N4O2/c1-8-5-10(3)18-13(16-8)12(7-15-18)14(20)17-9(2)6-11(4)19/h5,7,9,11,19H,6H2,1-4H3,(H,17,20). The van der Waals surface area contributed by atoms with E-state index >= 15 is 0 Å². The van der Waals surface area contributed by atoms with E-state index in [0.717, 1.165) is 11.4 Å². The summed E-state index contributed by atoms with van der Waals surface area (Å²) in [6.07, 6.45) is 1.59.